The number of carbonyl (C=O) groups is 1. The van der Waals surface area contributed by atoms with Crippen LogP contribution in [0.2, 0.25) is 0 Å². The van der Waals surface area contributed by atoms with Crippen molar-refractivity contribution >= 4 is 11.8 Å². The van der Waals surface area contributed by atoms with Crippen molar-refractivity contribution < 1.29 is 14.4 Å². The molecule has 0 aliphatic rings. The molecule has 0 amide bonds. The SMILES string of the molecule is CC(C)c1noc(-c2ccnc(N(C)CC(=O)O)c2)n1. The molecule has 0 atom stereocenters. The molecule has 2 aromatic rings. The van der Waals surface area contributed by atoms with E-state index in [2.05, 4.69) is 15.1 Å². The van der Waals surface area contributed by atoms with E-state index in [-0.39, 0.29) is 12.5 Å². The van der Waals surface area contributed by atoms with Gasteiger partial charge in [-0.3, -0.25) is 4.79 Å². The Kier molecular flexibility index (Phi) is 3.97. The third-order valence-electron chi connectivity index (χ3n) is 2.71. The van der Waals surface area contributed by atoms with Crippen LogP contribution >= 0.6 is 0 Å². The van der Waals surface area contributed by atoms with Gasteiger partial charge in [0.15, 0.2) is 5.82 Å². The summed E-state index contributed by atoms with van der Waals surface area (Å²) in [6.45, 7) is 3.83. The molecule has 0 spiro atoms. The first-order chi connectivity index (χ1) is 9.47. The summed E-state index contributed by atoms with van der Waals surface area (Å²) in [6.07, 6.45) is 1.59. The highest BCUT2D eigenvalue weighted by molar-refractivity contribution is 5.73. The number of anilines is 1. The molecule has 7 heteroatoms. The van der Waals surface area contributed by atoms with Gasteiger partial charge in [0, 0.05) is 24.7 Å². The van der Waals surface area contributed by atoms with E-state index in [9.17, 15) is 4.79 Å². The Labute approximate surface area is 116 Å². The molecule has 0 saturated heterocycles. The van der Waals surface area contributed by atoms with Gasteiger partial charge in [0.2, 0.25) is 0 Å². The summed E-state index contributed by atoms with van der Waals surface area (Å²) in [6, 6.07) is 3.47. The zero-order chi connectivity index (χ0) is 14.7. The number of carboxylic acid groups (broad SMARTS) is 1. The maximum atomic E-state index is 10.7. The van der Waals surface area contributed by atoms with Crippen LogP contribution in [0.15, 0.2) is 22.9 Å². The van der Waals surface area contributed by atoms with Crippen LogP contribution < -0.4 is 4.90 Å². The molecule has 1 N–H and O–H groups in total. The van der Waals surface area contributed by atoms with Gasteiger partial charge in [-0.25, -0.2) is 4.98 Å². The van der Waals surface area contributed by atoms with Crippen molar-refractivity contribution in [2.75, 3.05) is 18.5 Å². The molecule has 2 heterocycles. The quantitative estimate of drug-likeness (QED) is 0.889. The van der Waals surface area contributed by atoms with Gasteiger partial charge in [-0.15, -0.1) is 0 Å². The first-order valence-electron chi connectivity index (χ1n) is 6.20. The minimum atomic E-state index is -0.917. The van der Waals surface area contributed by atoms with Crippen molar-refractivity contribution in [2.24, 2.45) is 0 Å². The Morgan fingerprint density at radius 1 is 1.50 bits per heavy atom. The molecule has 0 aliphatic carbocycles. The molecule has 0 aromatic carbocycles. The highest BCUT2D eigenvalue weighted by atomic mass is 16.5. The standard InChI is InChI=1S/C13H16N4O3/c1-8(2)12-15-13(20-16-12)9-4-5-14-10(6-9)17(3)7-11(18)19/h4-6,8H,7H2,1-3H3,(H,18,19). The fraction of sp³-hybridized carbons (Fsp3) is 0.385. The maximum absolute atomic E-state index is 10.7. The number of aliphatic carboxylic acids is 1. The van der Waals surface area contributed by atoms with E-state index in [0.717, 1.165) is 0 Å². The fourth-order valence-electron chi connectivity index (χ4n) is 1.63. The summed E-state index contributed by atoms with van der Waals surface area (Å²) >= 11 is 0. The lowest BCUT2D eigenvalue weighted by Crippen LogP contribution is -2.25. The van der Waals surface area contributed by atoms with E-state index >= 15 is 0 Å². The van der Waals surface area contributed by atoms with Crippen LogP contribution in [-0.4, -0.2) is 39.8 Å². The number of pyridine rings is 1. The Hall–Kier alpha value is -2.44. The first kappa shape index (κ1) is 14.0. The minimum Gasteiger partial charge on any atom is -0.480 e. The molecule has 0 bridgehead atoms. The summed E-state index contributed by atoms with van der Waals surface area (Å²) in [5.41, 5.74) is 0.714. The van der Waals surface area contributed by atoms with Gasteiger partial charge in [0.25, 0.3) is 5.89 Å². The number of likely N-dealkylation sites (N-methyl/N-ethyl adjacent to an activating group) is 1. The maximum Gasteiger partial charge on any atom is 0.323 e. The molecule has 0 aliphatic heterocycles. The third-order valence-corrected chi connectivity index (χ3v) is 2.71. The Morgan fingerprint density at radius 2 is 2.25 bits per heavy atom. The topological polar surface area (TPSA) is 92.4 Å². The van der Waals surface area contributed by atoms with E-state index in [1.54, 1.807) is 25.4 Å². The highest BCUT2D eigenvalue weighted by Crippen LogP contribution is 2.22. The van der Waals surface area contributed by atoms with Crippen molar-refractivity contribution in [3.8, 4) is 11.5 Å². The third kappa shape index (κ3) is 3.11. The van der Waals surface area contributed by atoms with Gasteiger partial charge in [0.1, 0.15) is 12.4 Å². The Morgan fingerprint density at radius 3 is 2.85 bits per heavy atom. The average Bonchev–Trinajstić information content (AvgIpc) is 2.88. The second-order valence-corrected chi connectivity index (χ2v) is 4.76. The first-order valence-corrected chi connectivity index (χ1v) is 6.20. The summed E-state index contributed by atoms with van der Waals surface area (Å²) in [7, 11) is 1.66. The molecule has 0 radical (unpaired) electrons. The lowest BCUT2D eigenvalue weighted by molar-refractivity contribution is -0.135. The molecule has 0 saturated carbocycles. The van der Waals surface area contributed by atoms with Gasteiger partial charge in [-0.1, -0.05) is 19.0 Å². The second kappa shape index (κ2) is 5.68. The van der Waals surface area contributed by atoms with Crippen molar-refractivity contribution in [1.82, 2.24) is 15.1 Å². The molecule has 0 unspecified atom stereocenters. The molecular weight excluding hydrogens is 260 g/mol. The van der Waals surface area contributed by atoms with E-state index in [1.807, 2.05) is 13.8 Å². The van der Waals surface area contributed by atoms with Crippen LogP contribution in [0.1, 0.15) is 25.6 Å². The monoisotopic (exact) mass is 276 g/mol. The van der Waals surface area contributed by atoms with Crippen molar-refractivity contribution in [3.05, 3.63) is 24.2 Å². The molecule has 0 fully saturated rings. The van der Waals surface area contributed by atoms with Crippen LogP contribution in [0, 0.1) is 0 Å². The summed E-state index contributed by atoms with van der Waals surface area (Å²) in [5, 5.41) is 12.7. The van der Waals surface area contributed by atoms with Crippen molar-refractivity contribution in [2.45, 2.75) is 19.8 Å². The number of carboxylic acids is 1. The number of hydrogen-bond donors (Lipinski definition) is 1. The van der Waals surface area contributed by atoms with Gasteiger partial charge in [-0.2, -0.15) is 4.98 Å². The zero-order valence-electron chi connectivity index (χ0n) is 11.6. The predicted molar refractivity (Wildman–Crippen MR) is 72.5 cm³/mol. The predicted octanol–water partition coefficient (Wildman–Crippen LogP) is 1.78. The van der Waals surface area contributed by atoms with E-state index < -0.39 is 5.97 Å². The molecule has 7 nitrogen and oxygen atoms in total. The van der Waals surface area contributed by atoms with Crippen molar-refractivity contribution in [1.29, 1.82) is 0 Å². The minimum absolute atomic E-state index is 0.127. The van der Waals surface area contributed by atoms with Crippen LogP contribution in [0.25, 0.3) is 11.5 Å². The molecule has 106 valence electrons. The highest BCUT2D eigenvalue weighted by Gasteiger charge is 2.13. The summed E-state index contributed by atoms with van der Waals surface area (Å²) in [4.78, 5) is 20.7. The zero-order valence-corrected chi connectivity index (χ0v) is 11.6. The number of nitrogens with zero attached hydrogens (tertiary/aromatic N) is 4. The normalized spacial score (nSPS) is 10.8. The number of aromatic nitrogens is 3. The van der Waals surface area contributed by atoms with Crippen LogP contribution in [0.3, 0.4) is 0 Å². The smallest absolute Gasteiger partial charge is 0.323 e. The van der Waals surface area contributed by atoms with Gasteiger partial charge >= 0.3 is 5.97 Å². The Bertz CT molecular complexity index is 609. The van der Waals surface area contributed by atoms with E-state index in [0.29, 0.717) is 23.1 Å². The summed E-state index contributed by atoms with van der Waals surface area (Å²) < 4.78 is 5.20. The fourth-order valence-corrected chi connectivity index (χ4v) is 1.63. The molecule has 2 rings (SSSR count). The molecule has 2 aromatic heterocycles. The summed E-state index contributed by atoms with van der Waals surface area (Å²) in [5.74, 6) is 0.843. The van der Waals surface area contributed by atoms with E-state index in [4.69, 9.17) is 9.63 Å². The van der Waals surface area contributed by atoms with Crippen molar-refractivity contribution in [3.63, 3.8) is 0 Å². The molecule has 20 heavy (non-hydrogen) atoms. The second-order valence-electron chi connectivity index (χ2n) is 4.76. The van der Waals surface area contributed by atoms with Gasteiger partial charge < -0.3 is 14.5 Å². The lowest BCUT2D eigenvalue weighted by atomic mass is 10.2. The Balaban J connectivity index is 2.26. The molecular formula is C13H16N4O3. The largest absolute Gasteiger partial charge is 0.480 e. The van der Waals surface area contributed by atoms with Crippen LogP contribution in [0.4, 0.5) is 5.82 Å². The lowest BCUT2D eigenvalue weighted by Gasteiger charge is -2.15. The number of hydrogen-bond acceptors (Lipinski definition) is 6. The van der Waals surface area contributed by atoms with Gasteiger partial charge in [-0.05, 0) is 12.1 Å². The van der Waals surface area contributed by atoms with E-state index in [1.165, 1.54) is 4.90 Å². The van der Waals surface area contributed by atoms with Gasteiger partial charge in [0.05, 0.1) is 0 Å². The number of rotatable bonds is 5. The van der Waals surface area contributed by atoms with Crippen LogP contribution in [-0.2, 0) is 4.79 Å². The average molecular weight is 276 g/mol. The van der Waals surface area contributed by atoms with Crippen LogP contribution in [0.5, 0.6) is 0 Å².